The van der Waals surface area contributed by atoms with Gasteiger partial charge in [-0.25, -0.2) is 4.79 Å². The summed E-state index contributed by atoms with van der Waals surface area (Å²) in [5, 5.41) is 0. The molecule has 0 aromatic rings. The Morgan fingerprint density at radius 1 is 1.05 bits per heavy atom. The standard InChI is InChI=1S/C16H27N3O3/c1-16(2,3)22-15(21)19-10-12(8-17(4)5)14(20)13(11-19)9-18(6)7/h8-9H,10-11H2,1-7H3/b12-8+,13-9+. The first-order chi connectivity index (χ1) is 9.99. The second-order valence-corrected chi connectivity index (χ2v) is 6.90. The summed E-state index contributed by atoms with van der Waals surface area (Å²) in [6.45, 7) is 6.00. The smallest absolute Gasteiger partial charge is 0.410 e. The Morgan fingerprint density at radius 2 is 1.45 bits per heavy atom. The maximum Gasteiger partial charge on any atom is 0.410 e. The number of rotatable bonds is 2. The lowest BCUT2D eigenvalue weighted by molar-refractivity contribution is -0.113. The van der Waals surface area contributed by atoms with Crippen LogP contribution >= 0.6 is 0 Å². The molecule has 6 nitrogen and oxygen atoms in total. The zero-order chi connectivity index (χ0) is 17.1. The second-order valence-electron chi connectivity index (χ2n) is 6.90. The molecule has 0 aromatic heterocycles. The van der Waals surface area contributed by atoms with E-state index in [1.807, 2.05) is 49.0 Å². The fourth-order valence-corrected chi connectivity index (χ4v) is 2.09. The van der Waals surface area contributed by atoms with Gasteiger partial charge in [0.05, 0.1) is 13.1 Å². The fraction of sp³-hybridized carbons (Fsp3) is 0.625. The van der Waals surface area contributed by atoms with Crippen LogP contribution in [0.1, 0.15) is 20.8 Å². The van der Waals surface area contributed by atoms with Crippen molar-refractivity contribution in [2.24, 2.45) is 0 Å². The van der Waals surface area contributed by atoms with Crippen molar-refractivity contribution in [1.82, 2.24) is 14.7 Å². The molecular weight excluding hydrogens is 282 g/mol. The van der Waals surface area contributed by atoms with Crippen molar-refractivity contribution in [3.8, 4) is 0 Å². The molecule has 1 fully saturated rings. The molecule has 1 heterocycles. The fourth-order valence-electron chi connectivity index (χ4n) is 2.09. The van der Waals surface area contributed by atoms with Crippen LogP contribution in [0.2, 0.25) is 0 Å². The van der Waals surface area contributed by atoms with E-state index in [9.17, 15) is 9.59 Å². The number of carbonyl (C=O) groups excluding carboxylic acids is 2. The molecule has 6 heteroatoms. The zero-order valence-electron chi connectivity index (χ0n) is 14.6. The average molecular weight is 309 g/mol. The highest BCUT2D eigenvalue weighted by atomic mass is 16.6. The van der Waals surface area contributed by atoms with Crippen molar-refractivity contribution in [3.05, 3.63) is 23.5 Å². The predicted molar refractivity (Wildman–Crippen MR) is 86.4 cm³/mol. The van der Waals surface area contributed by atoms with Crippen molar-refractivity contribution >= 4 is 11.9 Å². The predicted octanol–water partition coefficient (Wildman–Crippen LogP) is 1.70. The summed E-state index contributed by atoms with van der Waals surface area (Å²) in [5.41, 5.74) is 0.598. The maximum absolute atomic E-state index is 12.5. The summed E-state index contributed by atoms with van der Waals surface area (Å²) in [4.78, 5) is 29.9. The topological polar surface area (TPSA) is 53.1 Å². The summed E-state index contributed by atoms with van der Waals surface area (Å²) in [6, 6.07) is 0. The van der Waals surface area contributed by atoms with Gasteiger partial charge in [-0.1, -0.05) is 0 Å². The normalized spacial score (nSPS) is 19.6. The SMILES string of the molecule is CN(C)/C=C1\CN(C(=O)OC(C)(C)C)C/C(=C\N(C)C)C1=O. The molecule has 0 bridgehead atoms. The van der Waals surface area contributed by atoms with E-state index in [1.54, 1.807) is 27.1 Å². The van der Waals surface area contributed by atoms with E-state index in [4.69, 9.17) is 4.74 Å². The molecule has 1 amide bonds. The van der Waals surface area contributed by atoms with E-state index in [0.717, 1.165) is 0 Å². The van der Waals surface area contributed by atoms with E-state index in [1.165, 1.54) is 0 Å². The third-order valence-electron chi connectivity index (χ3n) is 2.79. The van der Waals surface area contributed by atoms with Gasteiger partial charge in [0.1, 0.15) is 5.60 Å². The summed E-state index contributed by atoms with van der Waals surface area (Å²) in [7, 11) is 7.40. The number of nitrogens with zero attached hydrogens (tertiary/aromatic N) is 3. The van der Waals surface area contributed by atoms with Gasteiger partial charge in [-0.15, -0.1) is 0 Å². The molecule has 1 aliphatic rings. The first-order valence-electron chi connectivity index (χ1n) is 7.26. The molecule has 0 aromatic carbocycles. The van der Waals surface area contributed by atoms with Crippen LogP contribution in [-0.4, -0.2) is 73.5 Å². The minimum atomic E-state index is -0.560. The van der Waals surface area contributed by atoms with Crippen LogP contribution in [0.5, 0.6) is 0 Å². The molecule has 0 N–H and O–H groups in total. The van der Waals surface area contributed by atoms with Gasteiger partial charge < -0.3 is 14.5 Å². The summed E-state index contributed by atoms with van der Waals surface area (Å²) < 4.78 is 5.41. The first kappa shape index (κ1) is 18.1. The molecule has 0 atom stereocenters. The van der Waals surface area contributed by atoms with E-state index in [0.29, 0.717) is 11.1 Å². The molecule has 1 rings (SSSR count). The first-order valence-corrected chi connectivity index (χ1v) is 7.26. The van der Waals surface area contributed by atoms with Gasteiger partial charge in [-0.3, -0.25) is 9.69 Å². The number of hydrogen-bond acceptors (Lipinski definition) is 5. The largest absolute Gasteiger partial charge is 0.444 e. The number of carbonyl (C=O) groups is 2. The van der Waals surface area contributed by atoms with Gasteiger partial charge >= 0.3 is 6.09 Å². The lowest BCUT2D eigenvalue weighted by Gasteiger charge is -2.32. The van der Waals surface area contributed by atoms with E-state index < -0.39 is 11.7 Å². The Kier molecular flexibility index (Phi) is 5.63. The number of Topliss-reactive ketones (excluding diaryl/α,β-unsaturated/α-hetero) is 1. The van der Waals surface area contributed by atoms with Crippen molar-refractivity contribution in [1.29, 1.82) is 0 Å². The molecular formula is C16H27N3O3. The zero-order valence-corrected chi connectivity index (χ0v) is 14.6. The third kappa shape index (κ3) is 5.42. The van der Waals surface area contributed by atoms with Gasteiger partial charge in [-0.2, -0.15) is 0 Å². The molecule has 22 heavy (non-hydrogen) atoms. The van der Waals surface area contributed by atoms with Gasteiger partial charge in [-0.05, 0) is 20.8 Å². The van der Waals surface area contributed by atoms with Crippen LogP contribution in [0, 0.1) is 0 Å². The number of amides is 1. The third-order valence-corrected chi connectivity index (χ3v) is 2.79. The van der Waals surface area contributed by atoms with Crippen LogP contribution in [0.4, 0.5) is 4.79 Å². The highest BCUT2D eigenvalue weighted by Crippen LogP contribution is 2.20. The Balaban J connectivity index is 3.06. The van der Waals surface area contributed by atoms with Crippen LogP contribution in [0.25, 0.3) is 0 Å². The average Bonchev–Trinajstić information content (AvgIpc) is 2.30. The highest BCUT2D eigenvalue weighted by Gasteiger charge is 2.32. The van der Waals surface area contributed by atoms with Gasteiger partial charge in [0.15, 0.2) is 5.78 Å². The van der Waals surface area contributed by atoms with Gasteiger partial charge in [0, 0.05) is 51.7 Å². The van der Waals surface area contributed by atoms with Crippen molar-refractivity contribution in [2.45, 2.75) is 26.4 Å². The van der Waals surface area contributed by atoms with Gasteiger partial charge in [0.25, 0.3) is 0 Å². The Labute approximate surface area is 133 Å². The number of piperidine rings is 1. The summed E-state index contributed by atoms with van der Waals surface area (Å²) >= 11 is 0. The number of ether oxygens (including phenoxy) is 1. The second kappa shape index (κ2) is 6.85. The van der Waals surface area contributed by atoms with Gasteiger partial charge in [0.2, 0.25) is 0 Å². The van der Waals surface area contributed by atoms with Crippen molar-refractivity contribution < 1.29 is 14.3 Å². The summed E-state index contributed by atoms with van der Waals surface area (Å²) in [5.74, 6) is -0.0257. The van der Waals surface area contributed by atoms with Crippen LogP contribution in [0.3, 0.4) is 0 Å². The molecule has 1 saturated heterocycles. The number of ketones is 1. The maximum atomic E-state index is 12.5. The molecule has 0 saturated carbocycles. The molecule has 124 valence electrons. The van der Waals surface area contributed by atoms with E-state index in [2.05, 4.69) is 0 Å². The lowest BCUT2D eigenvalue weighted by atomic mass is 9.99. The highest BCUT2D eigenvalue weighted by molar-refractivity contribution is 6.10. The van der Waals surface area contributed by atoms with Crippen LogP contribution < -0.4 is 0 Å². The summed E-state index contributed by atoms with van der Waals surface area (Å²) in [6.07, 6.45) is 3.10. The number of hydrogen-bond donors (Lipinski definition) is 0. The lowest BCUT2D eigenvalue weighted by Crippen LogP contribution is -2.44. The molecule has 0 unspecified atom stereocenters. The van der Waals surface area contributed by atoms with E-state index >= 15 is 0 Å². The molecule has 0 radical (unpaired) electrons. The Morgan fingerprint density at radius 3 is 1.77 bits per heavy atom. The van der Waals surface area contributed by atoms with Crippen molar-refractivity contribution in [2.75, 3.05) is 41.3 Å². The van der Waals surface area contributed by atoms with Crippen LogP contribution in [0.15, 0.2) is 23.5 Å². The van der Waals surface area contributed by atoms with Crippen molar-refractivity contribution in [3.63, 3.8) is 0 Å². The Hall–Kier alpha value is -1.98. The monoisotopic (exact) mass is 309 g/mol. The minimum absolute atomic E-state index is 0.0257. The number of likely N-dealkylation sites (tertiary alicyclic amines) is 1. The van der Waals surface area contributed by atoms with E-state index in [-0.39, 0.29) is 18.9 Å². The van der Waals surface area contributed by atoms with Crippen LogP contribution in [-0.2, 0) is 9.53 Å². The molecule has 1 aliphatic heterocycles. The minimum Gasteiger partial charge on any atom is -0.444 e. The quantitative estimate of drug-likeness (QED) is 0.727. The molecule has 0 aliphatic carbocycles. The Bertz CT molecular complexity index is 469. The molecule has 0 spiro atoms.